The summed E-state index contributed by atoms with van der Waals surface area (Å²) >= 11 is 0. The van der Waals surface area contributed by atoms with Gasteiger partial charge in [0.25, 0.3) is 0 Å². The van der Waals surface area contributed by atoms with Crippen LogP contribution in [0.3, 0.4) is 0 Å². The molecule has 1 aromatic rings. The van der Waals surface area contributed by atoms with Crippen molar-refractivity contribution >= 4 is 17.6 Å². The summed E-state index contributed by atoms with van der Waals surface area (Å²) in [5.74, 6) is -0.467. The van der Waals surface area contributed by atoms with E-state index in [-0.39, 0.29) is 43.0 Å². The van der Waals surface area contributed by atoms with Crippen LogP contribution in [0.5, 0.6) is 0 Å². The van der Waals surface area contributed by atoms with Gasteiger partial charge in [0.05, 0.1) is 6.54 Å². The lowest BCUT2D eigenvalue weighted by Crippen LogP contribution is -2.42. The number of carbonyl (C=O) groups is 3. The monoisotopic (exact) mass is 330 g/mol. The number of benzene rings is 1. The highest BCUT2D eigenvalue weighted by atomic mass is 16.2. The van der Waals surface area contributed by atoms with Crippen molar-refractivity contribution in [3.63, 3.8) is 0 Å². The van der Waals surface area contributed by atoms with Crippen molar-refractivity contribution in [1.29, 1.82) is 0 Å². The van der Waals surface area contributed by atoms with E-state index in [4.69, 9.17) is 0 Å². The van der Waals surface area contributed by atoms with E-state index in [0.29, 0.717) is 5.56 Å². The van der Waals surface area contributed by atoms with E-state index in [2.05, 4.69) is 10.6 Å². The van der Waals surface area contributed by atoms with Crippen molar-refractivity contribution in [2.24, 2.45) is 0 Å². The van der Waals surface area contributed by atoms with E-state index in [9.17, 15) is 14.4 Å². The van der Waals surface area contributed by atoms with Gasteiger partial charge in [0.15, 0.2) is 5.78 Å². The number of amides is 2. The van der Waals surface area contributed by atoms with E-state index in [1.165, 1.54) is 6.42 Å². The summed E-state index contributed by atoms with van der Waals surface area (Å²) in [7, 11) is 0. The van der Waals surface area contributed by atoms with Crippen LogP contribution in [0.2, 0.25) is 0 Å². The third-order valence-electron chi connectivity index (χ3n) is 4.44. The Labute approximate surface area is 143 Å². The fourth-order valence-corrected chi connectivity index (χ4v) is 3.04. The van der Waals surface area contributed by atoms with Gasteiger partial charge >= 0.3 is 0 Å². The van der Waals surface area contributed by atoms with Crippen LogP contribution in [0.1, 0.15) is 60.9 Å². The summed E-state index contributed by atoms with van der Waals surface area (Å²) in [4.78, 5) is 35.8. The minimum Gasteiger partial charge on any atom is -0.352 e. The molecule has 1 aliphatic rings. The number of carbonyl (C=O) groups excluding carboxylic acids is 3. The molecule has 2 rings (SSSR count). The number of nitrogens with one attached hydrogen (secondary N) is 2. The lowest BCUT2D eigenvalue weighted by molar-refractivity contribution is -0.126. The van der Waals surface area contributed by atoms with Crippen LogP contribution in [-0.4, -0.2) is 30.2 Å². The first-order valence-electron chi connectivity index (χ1n) is 8.71. The minimum absolute atomic E-state index is 0.0200. The van der Waals surface area contributed by atoms with Gasteiger partial charge < -0.3 is 10.6 Å². The second kappa shape index (κ2) is 9.21. The first kappa shape index (κ1) is 18.2. The predicted molar refractivity (Wildman–Crippen MR) is 92.8 cm³/mol. The third-order valence-corrected chi connectivity index (χ3v) is 4.44. The maximum Gasteiger partial charge on any atom is 0.239 e. The molecular weight excluding hydrogens is 304 g/mol. The van der Waals surface area contributed by atoms with E-state index in [1.54, 1.807) is 6.07 Å². The van der Waals surface area contributed by atoms with Gasteiger partial charge in [0.2, 0.25) is 11.8 Å². The molecule has 0 aromatic heterocycles. The number of aryl methyl sites for hydroxylation is 1. The standard InChI is InChI=1S/C19H26N2O3/c1-14-7-5-6-10-16(14)17(22)11-12-18(23)20-13-19(24)21-15-8-3-2-4-9-15/h5-7,10,15H,2-4,8-9,11-13H2,1H3,(H,20,23)(H,21,24). The van der Waals surface area contributed by atoms with Crippen LogP contribution in [0.15, 0.2) is 24.3 Å². The second-order valence-corrected chi connectivity index (χ2v) is 6.42. The van der Waals surface area contributed by atoms with Gasteiger partial charge in [-0.3, -0.25) is 14.4 Å². The smallest absolute Gasteiger partial charge is 0.239 e. The highest BCUT2D eigenvalue weighted by molar-refractivity contribution is 5.99. The fourth-order valence-electron chi connectivity index (χ4n) is 3.04. The SMILES string of the molecule is Cc1ccccc1C(=O)CCC(=O)NCC(=O)NC1CCCCC1. The van der Waals surface area contributed by atoms with Gasteiger partial charge in [-0.25, -0.2) is 0 Å². The molecule has 1 saturated carbocycles. The van der Waals surface area contributed by atoms with E-state index in [1.807, 2.05) is 25.1 Å². The Morgan fingerprint density at radius 1 is 1.00 bits per heavy atom. The van der Waals surface area contributed by atoms with E-state index in [0.717, 1.165) is 31.2 Å². The number of rotatable bonds is 7. The van der Waals surface area contributed by atoms with Crippen LogP contribution in [-0.2, 0) is 9.59 Å². The molecule has 5 heteroatoms. The molecular formula is C19H26N2O3. The number of hydrogen-bond acceptors (Lipinski definition) is 3. The maximum absolute atomic E-state index is 12.1. The quantitative estimate of drug-likeness (QED) is 0.754. The molecule has 0 aliphatic heterocycles. The van der Waals surface area contributed by atoms with Crippen LogP contribution < -0.4 is 10.6 Å². The van der Waals surface area contributed by atoms with E-state index < -0.39 is 0 Å². The third kappa shape index (κ3) is 5.80. The molecule has 0 atom stereocenters. The Hall–Kier alpha value is -2.17. The minimum atomic E-state index is -0.268. The lowest BCUT2D eigenvalue weighted by Gasteiger charge is -2.22. The summed E-state index contributed by atoms with van der Waals surface area (Å²) in [6, 6.07) is 7.58. The van der Waals surface area contributed by atoms with Gasteiger partial charge in [-0.05, 0) is 25.3 Å². The number of hydrogen-bond donors (Lipinski definition) is 2. The summed E-state index contributed by atoms with van der Waals surface area (Å²) < 4.78 is 0. The summed E-state index contributed by atoms with van der Waals surface area (Å²) in [5.41, 5.74) is 1.56. The molecule has 0 saturated heterocycles. The fraction of sp³-hybridized carbons (Fsp3) is 0.526. The van der Waals surface area contributed by atoms with Crippen LogP contribution in [0, 0.1) is 6.92 Å². The first-order chi connectivity index (χ1) is 11.6. The first-order valence-corrected chi connectivity index (χ1v) is 8.71. The molecule has 5 nitrogen and oxygen atoms in total. The van der Waals surface area contributed by atoms with Crippen LogP contribution in [0.4, 0.5) is 0 Å². The Morgan fingerprint density at radius 2 is 1.71 bits per heavy atom. The molecule has 0 radical (unpaired) electrons. The lowest BCUT2D eigenvalue weighted by atomic mass is 9.95. The highest BCUT2D eigenvalue weighted by Gasteiger charge is 2.16. The van der Waals surface area contributed by atoms with Gasteiger partial charge in [-0.1, -0.05) is 43.5 Å². The largest absolute Gasteiger partial charge is 0.352 e. The summed E-state index contributed by atoms with van der Waals surface area (Å²) in [5, 5.41) is 5.54. The molecule has 0 spiro atoms. The van der Waals surface area contributed by atoms with Gasteiger partial charge in [0, 0.05) is 24.4 Å². The van der Waals surface area contributed by atoms with Gasteiger partial charge in [-0.2, -0.15) is 0 Å². The zero-order valence-electron chi connectivity index (χ0n) is 14.3. The normalized spacial score (nSPS) is 14.9. The molecule has 1 aliphatic carbocycles. The van der Waals surface area contributed by atoms with Crippen molar-refractivity contribution in [2.75, 3.05) is 6.54 Å². The average Bonchev–Trinajstić information content (AvgIpc) is 2.59. The molecule has 130 valence electrons. The Bertz CT molecular complexity index is 592. The van der Waals surface area contributed by atoms with Crippen molar-refractivity contribution in [3.05, 3.63) is 35.4 Å². The molecule has 1 aromatic carbocycles. The topological polar surface area (TPSA) is 75.3 Å². The maximum atomic E-state index is 12.1. The van der Waals surface area contributed by atoms with Crippen molar-refractivity contribution in [1.82, 2.24) is 10.6 Å². The molecule has 0 bridgehead atoms. The molecule has 1 fully saturated rings. The molecule has 0 unspecified atom stereocenters. The van der Waals surface area contributed by atoms with Gasteiger partial charge in [-0.15, -0.1) is 0 Å². The highest BCUT2D eigenvalue weighted by Crippen LogP contribution is 2.17. The number of ketones is 1. The van der Waals surface area contributed by atoms with E-state index >= 15 is 0 Å². The summed E-state index contributed by atoms with van der Waals surface area (Å²) in [6.07, 6.45) is 5.83. The predicted octanol–water partition coefficient (Wildman–Crippen LogP) is 2.52. The zero-order chi connectivity index (χ0) is 17.4. The Kier molecular flexibility index (Phi) is 6.97. The average molecular weight is 330 g/mol. The van der Waals surface area contributed by atoms with Crippen molar-refractivity contribution in [2.45, 2.75) is 57.9 Å². The Balaban J connectivity index is 1.66. The second-order valence-electron chi connectivity index (χ2n) is 6.42. The van der Waals surface area contributed by atoms with Crippen molar-refractivity contribution < 1.29 is 14.4 Å². The Morgan fingerprint density at radius 3 is 2.42 bits per heavy atom. The molecule has 0 heterocycles. The van der Waals surface area contributed by atoms with Gasteiger partial charge in [0.1, 0.15) is 0 Å². The summed E-state index contributed by atoms with van der Waals surface area (Å²) in [6.45, 7) is 1.86. The molecule has 24 heavy (non-hydrogen) atoms. The molecule has 2 amide bonds. The van der Waals surface area contributed by atoms with Crippen molar-refractivity contribution in [3.8, 4) is 0 Å². The zero-order valence-corrected chi connectivity index (χ0v) is 14.3. The van der Waals surface area contributed by atoms with Crippen LogP contribution in [0.25, 0.3) is 0 Å². The molecule has 2 N–H and O–H groups in total. The number of Topliss-reactive ketones (excluding diaryl/α,β-unsaturated/α-hetero) is 1. The van der Waals surface area contributed by atoms with Crippen LogP contribution >= 0.6 is 0 Å².